The number of benzene rings is 1. The minimum absolute atomic E-state index is 0.0347. The van der Waals surface area contributed by atoms with Crippen LogP contribution in [0.1, 0.15) is 46.1 Å². The number of carbonyl (C=O) groups excluding carboxylic acids is 3. The minimum atomic E-state index is -3.96. The molecule has 1 saturated carbocycles. The van der Waals surface area contributed by atoms with Crippen molar-refractivity contribution in [1.29, 1.82) is 0 Å². The fraction of sp³-hybridized carbons (Fsp3) is 0.577. The van der Waals surface area contributed by atoms with E-state index in [1.807, 2.05) is 13.0 Å². The molecule has 0 N–H and O–H groups in total. The Morgan fingerprint density at radius 3 is 2.34 bits per heavy atom. The van der Waals surface area contributed by atoms with Crippen LogP contribution in [0.15, 0.2) is 40.8 Å². The van der Waals surface area contributed by atoms with E-state index in [-0.39, 0.29) is 42.6 Å². The van der Waals surface area contributed by atoms with Gasteiger partial charge in [-0.2, -0.15) is 4.31 Å². The maximum absolute atomic E-state index is 13.7. The number of esters is 2. The maximum atomic E-state index is 13.7. The number of ketones is 1. The zero-order chi connectivity index (χ0) is 26.1. The number of methoxy groups -OCH3 is 1. The number of rotatable bonds is 6. The Kier molecular flexibility index (Phi) is 7.91. The second kappa shape index (κ2) is 10.2. The summed E-state index contributed by atoms with van der Waals surface area (Å²) in [6.07, 6.45) is 2.14. The molecule has 1 heterocycles. The number of allylic oxidation sites excluding steroid dienone is 1. The molecule has 8 nitrogen and oxygen atoms in total. The third kappa shape index (κ3) is 5.35. The van der Waals surface area contributed by atoms with Gasteiger partial charge in [0.15, 0.2) is 5.78 Å². The molecule has 9 heteroatoms. The van der Waals surface area contributed by atoms with Crippen molar-refractivity contribution in [2.24, 2.45) is 23.2 Å². The van der Waals surface area contributed by atoms with E-state index in [0.29, 0.717) is 0 Å². The van der Waals surface area contributed by atoms with Crippen molar-refractivity contribution >= 4 is 27.7 Å². The third-order valence-corrected chi connectivity index (χ3v) is 8.82. The van der Waals surface area contributed by atoms with Gasteiger partial charge in [-0.3, -0.25) is 14.4 Å². The summed E-state index contributed by atoms with van der Waals surface area (Å²) in [6, 6.07) is 5.62. The molecule has 1 aliphatic heterocycles. The Labute approximate surface area is 207 Å². The molecule has 0 aromatic heterocycles. The number of Topliss-reactive ketones (excluding diaryl/α,β-unsaturated/α-hetero) is 1. The van der Waals surface area contributed by atoms with E-state index in [1.165, 1.54) is 11.4 Å². The fourth-order valence-electron chi connectivity index (χ4n) is 4.94. The van der Waals surface area contributed by atoms with Gasteiger partial charge in [0, 0.05) is 12.5 Å². The number of hydrogen-bond acceptors (Lipinski definition) is 7. The molecule has 0 amide bonds. The lowest BCUT2D eigenvalue weighted by molar-refractivity contribution is -0.159. The van der Waals surface area contributed by atoms with Gasteiger partial charge in [0.1, 0.15) is 0 Å². The van der Waals surface area contributed by atoms with Crippen molar-refractivity contribution in [1.82, 2.24) is 4.31 Å². The summed E-state index contributed by atoms with van der Waals surface area (Å²) in [4.78, 5) is 38.9. The molecule has 0 unspecified atom stereocenters. The van der Waals surface area contributed by atoms with Crippen LogP contribution < -0.4 is 0 Å². The average Bonchev–Trinajstić information content (AvgIpc) is 2.81. The van der Waals surface area contributed by atoms with Gasteiger partial charge < -0.3 is 9.47 Å². The van der Waals surface area contributed by atoms with Crippen molar-refractivity contribution in [3.63, 3.8) is 0 Å². The van der Waals surface area contributed by atoms with Gasteiger partial charge in [0.2, 0.25) is 10.0 Å². The predicted octanol–water partition coefficient (Wildman–Crippen LogP) is 3.29. The van der Waals surface area contributed by atoms with Crippen LogP contribution in [0.2, 0.25) is 0 Å². The lowest BCUT2D eigenvalue weighted by Gasteiger charge is -2.48. The number of ether oxygens (including phenoxy) is 2. The predicted molar refractivity (Wildman–Crippen MR) is 130 cm³/mol. The van der Waals surface area contributed by atoms with Gasteiger partial charge in [-0.05, 0) is 65.5 Å². The van der Waals surface area contributed by atoms with Crippen LogP contribution >= 0.6 is 0 Å². The highest BCUT2D eigenvalue weighted by atomic mass is 32.2. The van der Waals surface area contributed by atoms with Gasteiger partial charge in [-0.1, -0.05) is 29.3 Å². The quantitative estimate of drug-likeness (QED) is 0.431. The first kappa shape index (κ1) is 27.1. The Balaban J connectivity index is 1.96. The fourth-order valence-corrected chi connectivity index (χ4v) is 6.54. The number of carbonyl (C=O) groups is 3. The molecule has 2 aliphatic rings. The van der Waals surface area contributed by atoms with E-state index in [0.717, 1.165) is 11.1 Å². The van der Waals surface area contributed by atoms with Gasteiger partial charge in [-0.25, -0.2) is 8.42 Å². The van der Waals surface area contributed by atoms with E-state index < -0.39 is 45.3 Å². The molecule has 192 valence electrons. The molecule has 4 atom stereocenters. The molecule has 2 fully saturated rings. The van der Waals surface area contributed by atoms with Crippen LogP contribution in [0.4, 0.5) is 0 Å². The Bertz CT molecular complexity index is 1120. The summed E-state index contributed by atoms with van der Waals surface area (Å²) in [7, 11) is -2.68. The smallest absolute Gasteiger partial charge is 0.311 e. The topological polar surface area (TPSA) is 107 Å². The number of hydrogen-bond donors (Lipinski definition) is 0. The molecule has 3 rings (SSSR count). The molecule has 1 aromatic carbocycles. The molecular weight excluding hydrogens is 470 g/mol. The van der Waals surface area contributed by atoms with E-state index in [1.54, 1.807) is 52.0 Å². The lowest BCUT2D eigenvalue weighted by atomic mass is 9.64. The molecule has 1 aliphatic carbocycles. The van der Waals surface area contributed by atoms with Crippen LogP contribution in [0.25, 0.3) is 0 Å². The van der Waals surface area contributed by atoms with Crippen molar-refractivity contribution in [2.75, 3.05) is 20.3 Å². The van der Waals surface area contributed by atoms with Crippen molar-refractivity contribution < 1.29 is 32.3 Å². The molecule has 35 heavy (non-hydrogen) atoms. The lowest BCUT2D eigenvalue weighted by Crippen LogP contribution is -2.60. The van der Waals surface area contributed by atoms with Crippen LogP contribution in [-0.2, 0) is 33.9 Å². The SMILES string of the molecule is C/C=C1/CN(S(=O)(=O)c2ccc(C)cc2)[C@H]2C[C@@H]1[C@@H](C(=O)OC)[C@H](CCOC(=O)C(C)(C)C)C2=O. The summed E-state index contributed by atoms with van der Waals surface area (Å²) < 4.78 is 38.9. The number of piperidine rings is 1. The summed E-state index contributed by atoms with van der Waals surface area (Å²) in [5.41, 5.74) is 0.999. The van der Waals surface area contributed by atoms with Gasteiger partial charge in [0.25, 0.3) is 0 Å². The first-order valence-corrected chi connectivity index (χ1v) is 13.3. The molecule has 2 bridgehead atoms. The number of fused-ring (bicyclic) bond motifs is 2. The maximum Gasteiger partial charge on any atom is 0.311 e. The Hall–Kier alpha value is -2.52. The van der Waals surface area contributed by atoms with Crippen molar-refractivity contribution in [3.8, 4) is 0 Å². The first-order valence-electron chi connectivity index (χ1n) is 11.8. The van der Waals surface area contributed by atoms with Gasteiger partial charge >= 0.3 is 11.9 Å². The second-order valence-corrected chi connectivity index (χ2v) is 12.2. The normalized spacial score (nSPS) is 26.5. The van der Waals surface area contributed by atoms with E-state index in [9.17, 15) is 22.8 Å². The largest absolute Gasteiger partial charge is 0.469 e. The van der Waals surface area contributed by atoms with Gasteiger partial charge in [-0.15, -0.1) is 0 Å². The highest BCUT2D eigenvalue weighted by Gasteiger charge is 2.55. The first-order chi connectivity index (χ1) is 16.3. The zero-order valence-corrected chi connectivity index (χ0v) is 22.1. The summed E-state index contributed by atoms with van der Waals surface area (Å²) in [5, 5.41) is 0. The van der Waals surface area contributed by atoms with Crippen molar-refractivity contribution in [2.45, 2.75) is 58.4 Å². The highest BCUT2D eigenvalue weighted by Crippen LogP contribution is 2.46. The van der Waals surface area contributed by atoms with Crippen LogP contribution in [0, 0.1) is 30.1 Å². The summed E-state index contributed by atoms with van der Waals surface area (Å²) >= 11 is 0. The van der Waals surface area contributed by atoms with Crippen LogP contribution in [0.3, 0.4) is 0 Å². The van der Waals surface area contributed by atoms with Crippen molar-refractivity contribution in [3.05, 3.63) is 41.5 Å². The third-order valence-electron chi connectivity index (χ3n) is 6.95. The Morgan fingerprint density at radius 1 is 1.17 bits per heavy atom. The standard InChI is InChI=1S/C26H35NO7S/c1-7-17-15-27(35(31,32)18-10-8-16(2)9-11-18)21-14-20(17)22(24(29)33-6)19(23(21)28)12-13-34-25(30)26(3,4)5/h7-11,19-22H,12-15H2,1-6H3/b17-7-/t19-,20-,21-,22-/m0/s1. The highest BCUT2D eigenvalue weighted by molar-refractivity contribution is 7.89. The number of aryl methyl sites for hydroxylation is 1. The summed E-state index contributed by atoms with van der Waals surface area (Å²) in [5.74, 6) is -3.17. The molecule has 1 aromatic rings. The van der Waals surface area contributed by atoms with E-state index in [2.05, 4.69) is 0 Å². The number of sulfonamides is 1. The molecule has 1 saturated heterocycles. The van der Waals surface area contributed by atoms with Gasteiger partial charge in [0.05, 0.1) is 36.0 Å². The molecular formula is C26H35NO7S. The van der Waals surface area contributed by atoms with E-state index in [4.69, 9.17) is 9.47 Å². The zero-order valence-electron chi connectivity index (χ0n) is 21.2. The van der Waals surface area contributed by atoms with E-state index >= 15 is 0 Å². The van der Waals surface area contributed by atoms with Crippen LogP contribution in [0.5, 0.6) is 0 Å². The number of nitrogens with zero attached hydrogens (tertiary/aromatic N) is 1. The monoisotopic (exact) mass is 505 g/mol. The van der Waals surface area contributed by atoms with Crippen LogP contribution in [-0.4, -0.2) is 56.7 Å². The second-order valence-electron chi connectivity index (χ2n) is 10.3. The Morgan fingerprint density at radius 2 is 1.80 bits per heavy atom. The molecule has 0 radical (unpaired) electrons. The summed E-state index contributed by atoms with van der Waals surface area (Å²) in [6.45, 7) is 8.85. The minimum Gasteiger partial charge on any atom is -0.469 e. The molecule has 0 spiro atoms. The average molecular weight is 506 g/mol.